The van der Waals surface area contributed by atoms with Crippen LogP contribution < -0.4 is 10.1 Å². The van der Waals surface area contributed by atoms with Crippen LogP contribution in [0.1, 0.15) is 28.4 Å². The maximum Gasteiger partial charge on any atom is 0.251 e. The number of benzene rings is 2. The van der Waals surface area contributed by atoms with Crippen molar-refractivity contribution >= 4 is 17.7 Å². The van der Waals surface area contributed by atoms with Crippen molar-refractivity contribution in [2.75, 3.05) is 12.9 Å². The Bertz CT molecular complexity index is 688. The number of carbonyl (C=O) groups is 1. The number of amides is 1. The monoisotopic (exact) mass is 317 g/mol. The SMILES string of the molecule is COc1ccc(C(=O)N[C@@H]2CCSc3ccc(F)cc32)cc1. The molecule has 114 valence electrons. The van der Waals surface area contributed by atoms with Crippen LogP contribution in [0, 0.1) is 5.82 Å². The Morgan fingerprint density at radius 3 is 2.77 bits per heavy atom. The van der Waals surface area contributed by atoms with Crippen molar-refractivity contribution in [2.24, 2.45) is 0 Å². The van der Waals surface area contributed by atoms with Gasteiger partial charge in [-0.2, -0.15) is 0 Å². The van der Waals surface area contributed by atoms with Gasteiger partial charge in [-0.1, -0.05) is 0 Å². The summed E-state index contributed by atoms with van der Waals surface area (Å²) in [5.74, 6) is 1.18. The third-order valence-electron chi connectivity index (χ3n) is 3.67. The van der Waals surface area contributed by atoms with Crippen LogP contribution in [-0.4, -0.2) is 18.8 Å². The van der Waals surface area contributed by atoms with E-state index in [9.17, 15) is 9.18 Å². The zero-order valence-electron chi connectivity index (χ0n) is 12.1. The topological polar surface area (TPSA) is 38.3 Å². The van der Waals surface area contributed by atoms with Crippen molar-refractivity contribution in [2.45, 2.75) is 17.4 Å². The van der Waals surface area contributed by atoms with E-state index in [2.05, 4.69) is 5.32 Å². The molecule has 1 aliphatic rings. The number of hydrogen-bond acceptors (Lipinski definition) is 3. The number of rotatable bonds is 3. The minimum atomic E-state index is -0.273. The minimum absolute atomic E-state index is 0.151. The lowest BCUT2D eigenvalue weighted by Crippen LogP contribution is -2.30. The summed E-state index contributed by atoms with van der Waals surface area (Å²) in [5, 5.41) is 3.00. The predicted octanol–water partition coefficient (Wildman–Crippen LogP) is 3.80. The summed E-state index contributed by atoms with van der Waals surface area (Å²) in [7, 11) is 1.58. The highest BCUT2D eigenvalue weighted by atomic mass is 32.2. The fourth-order valence-electron chi connectivity index (χ4n) is 2.50. The standard InChI is InChI=1S/C17H16FNO2S/c1-21-13-5-2-11(3-6-13)17(20)19-15-8-9-22-16-7-4-12(18)10-14(15)16/h2-7,10,15H,8-9H2,1H3,(H,19,20)/t15-/m1/s1. The molecule has 22 heavy (non-hydrogen) atoms. The van der Waals surface area contributed by atoms with E-state index in [1.54, 1.807) is 49.2 Å². The Morgan fingerprint density at radius 1 is 1.27 bits per heavy atom. The first kappa shape index (κ1) is 14.9. The van der Waals surface area contributed by atoms with Gasteiger partial charge in [0.25, 0.3) is 5.91 Å². The van der Waals surface area contributed by atoms with E-state index >= 15 is 0 Å². The molecule has 0 spiro atoms. The summed E-state index contributed by atoms with van der Waals surface area (Å²) in [4.78, 5) is 13.4. The average molecular weight is 317 g/mol. The van der Waals surface area contributed by atoms with Crippen LogP contribution in [0.25, 0.3) is 0 Å². The van der Waals surface area contributed by atoms with Gasteiger partial charge in [-0.15, -0.1) is 11.8 Å². The van der Waals surface area contributed by atoms with Gasteiger partial charge in [0.15, 0.2) is 0 Å². The second kappa shape index (κ2) is 6.40. The molecule has 0 unspecified atom stereocenters. The molecule has 2 aromatic carbocycles. The summed E-state index contributed by atoms with van der Waals surface area (Å²) in [5.41, 5.74) is 1.43. The Hall–Kier alpha value is -2.01. The molecule has 1 aliphatic heterocycles. The summed E-state index contributed by atoms with van der Waals surface area (Å²) < 4.78 is 18.6. The van der Waals surface area contributed by atoms with Gasteiger partial charge < -0.3 is 10.1 Å². The minimum Gasteiger partial charge on any atom is -0.497 e. The summed E-state index contributed by atoms with van der Waals surface area (Å²) in [6.07, 6.45) is 0.795. The molecule has 1 N–H and O–H groups in total. The molecule has 0 aliphatic carbocycles. The molecule has 2 aromatic rings. The lowest BCUT2D eigenvalue weighted by Gasteiger charge is -2.26. The van der Waals surface area contributed by atoms with E-state index in [1.807, 2.05) is 0 Å². The van der Waals surface area contributed by atoms with E-state index in [-0.39, 0.29) is 17.8 Å². The number of carbonyl (C=O) groups excluding carboxylic acids is 1. The van der Waals surface area contributed by atoms with Crippen molar-refractivity contribution in [1.29, 1.82) is 0 Å². The quantitative estimate of drug-likeness (QED) is 0.936. The average Bonchev–Trinajstić information content (AvgIpc) is 2.55. The molecule has 1 heterocycles. The number of halogens is 1. The molecule has 0 bridgehead atoms. The van der Waals surface area contributed by atoms with Gasteiger partial charge in [0.1, 0.15) is 11.6 Å². The van der Waals surface area contributed by atoms with Crippen LogP contribution in [-0.2, 0) is 0 Å². The molecule has 0 radical (unpaired) electrons. The number of thioether (sulfide) groups is 1. The van der Waals surface area contributed by atoms with Crippen molar-refractivity contribution in [3.8, 4) is 5.75 Å². The van der Waals surface area contributed by atoms with Gasteiger partial charge >= 0.3 is 0 Å². The Kier molecular flexibility index (Phi) is 4.34. The number of fused-ring (bicyclic) bond motifs is 1. The van der Waals surface area contributed by atoms with Crippen molar-refractivity contribution < 1.29 is 13.9 Å². The smallest absolute Gasteiger partial charge is 0.251 e. The maximum atomic E-state index is 13.5. The molecule has 3 nitrogen and oxygen atoms in total. The van der Waals surface area contributed by atoms with E-state index in [4.69, 9.17) is 4.74 Å². The first-order chi connectivity index (χ1) is 10.7. The number of methoxy groups -OCH3 is 1. The molecule has 0 saturated heterocycles. The Balaban J connectivity index is 1.78. The van der Waals surface area contributed by atoms with Gasteiger partial charge in [0, 0.05) is 16.2 Å². The normalized spacial score (nSPS) is 16.7. The zero-order valence-corrected chi connectivity index (χ0v) is 13.0. The molecule has 5 heteroatoms. The highest BCUT2D eigenvalue weighted by Crippen LogP contribution is 2.36. The zero-order chi connectivity index (χ0) is 15.5. The van der Waals surface area contributed by atoms with E-state index < -0.39 is 0 Å². The van der Waals surface area contributed by atoms with Gasteiger partial charge in [-0.3, -0.25) is 4.79 Å². The van der Waals surface area contributed by atoms with Crippen LogP contribution in [0.15, 0.2) is 47.4 Å². The fourth-order valence-corrected chi connectivity index (χ4v) is 3.60. The van der Waals surface area contributed by atoms with Crippen molar-refractivity contribution in [3.05, 3.63) is 59.4 Å². The second-order valence-corrected chi connectivity index (χ2v) is 6.21. The Morgan fingerprint density at radius 2 is 2.05 bits per heavy atom. The van der Waals surface area contributed by atoms with Crippen molar-refractivity contribution in [1.82, 2.24) is 5.32 Å². The summed E-state index contributed by atoms with van der Waals surface area (Å²) in [6, 6.07) is 11.5. The first-order valence-electron chi connectivity index (χ1n) is 7.04. The van der Waals surface area contributed by atoms with E-state index in [1.165, 1.54) is 12.1 Å². The molecule has 0 saturated carbocycles. The maximum absolute atomic E-state index is 13.5. The molecule has 1 atom stereocenters. The number of ether oxygens (including phenoxy) is 1. The third kappa shape index (κ3) is 3.09. The molecule has 3 rings (SSSR count). The highest BCUT2D eigenvalue weighted by molar-refractivity contribution is 7.99. The largest absolute Gasteiger partial charge is 0.497 e. The van der Waals surface area contributed by atoms with Gasteiger partial charge in [-0.25, -0.2) is 4.39 Å². The van der Waals surface area contributed by atoms with Crippen LogP contribution in [0.5, 0.6) is 5.75 Å². The van der Waals surface area contributed by atoms with Crippen LogP contribution in [0.4, 0.5) is 4.39 Å². The fraction of sp³-hybridized carbons (Fsp3) is 0.235. The molecular formula is C17H16FNO2S. The molecular weight excluding hydrogens is 301 g/mol. The van der Waals surface area contributed by atoms with Gasteiger partial charge in [0.2, 0.25) is 0 Å². The highest BCUT2D eigenvalue weighted by Gasteiger charge is 2.23. The second-order valence-electron chi connectivity index (χ2n) is 5.07. The molecule has 0 aromatic heterocycles. The van der Waals surface area contributed by atoms with Crippen LogP contribution in [0.3, 0.4) is 0 Å². The molecule has 1 amide bonds. The lowest BCUT2D eigenvalue weighted by molar-refractivity contribution is 0.0935. The molecule has 0 fully saturated rings. The third-order valence-corrected chi connectivity index (χ3v) is 4.79. The first-order valence-corrected chi connectivity index (χ1v) is 8.03. The summed E-state index contributed by atoms with van der Waals surface area (Å²) >= 11 is 1.69. The lowest BCUT2D eigenvalue weighted by atomic mass is 10.0. The predicted molar refractivity (Wildman–Crippen MR) is 84.9 cm³/mol. The van der Waals surface area contributed by atoms with Crippen LogP contribution >= 0.6 is 11.8 Å². The number of nitrogens with one attached hydrogen (secondary N) is 1. The van der Waals surface area contributed by atoms with Crippen LogP contribution in [0.2, 0.25) is 0 Å². The van der Waals surface area contributed by atoms with Crippen molar-refractivity contribution in [3.63, 3.8) is 0 Å². The Labute approximate surface area is 132 Å². The summed E-state index contributed by atoms with van der Waals surface area (Å²) in [6.45, 7) is 0. The van der Waals surface area contributed by atoms with E-state index in [0.717, 1.165) is 22.6 Å². The number of hydrogen-bond donors (Lipinski definition) is 1. The van der Waals surface area contributed by atoms with E-state index in [0.29, 0.717) is 11.3 Å². The van der Waals surface area contributed by atoms with Gasteiger partial charge in [-0.05, 0) is 54.4 Å². The van der Waals surface area contributed by atoms with Gasteiger partial charge in [0.05, 0.1) is 13.2 Å².